The molecule has 3 aromatic carbocycles. The molecule has 4 aliphatic carbocycles. The zero-order valence-electron chi connectivity index (χ0n) is 32.4. The second kappa shape index (κ2) is 11.2. The SMILES string of the molecule is CC(C)(C)C1=CCC2B3C4=CC=CC5B6C7=C(c8cc(C(C)(C)C)ccc86)C(c6ccccc6)CC=C7N(C6CCC(c7ccccc7)=C(C2=C1)C36)C45. The van der Waals surface area contributed by atoms with E-state index in [-0.39, 0.29) is 10.8 Å². The molecule has 0 saturated carbocycles. The maximum Gasteiger partial charge on any atom is 0.222 e. The summed E-state index contributed by atoms with van der Waals surface area (Å²) in [4.78, 5) is 3.06. The molecule has 11 rings (SSSR count). The topological polar surface area (TPSA) is 3.24 Å². The second-order valence-corrected chi connectivity index (χ2v) is 19.4. The largest absolute Gasteiger partial charge is 0.363 e. The fraction of sp³-hybridized carbons (Fsp3) is 0.360. The molecule has 3 saturated heterocycles. The number of hydrogen-bond donors (Lipinski definition) is 0. The van der Waals surface area contributed by atoms with Crippen molar-refractivity contribution in [3.05, 3.63) is 171 Å². The number of benzene rings is 3. The van der Waals surface area contributed by atoms with E-state index in [4.69, 9.17) is 0 Å². The number of rotatable bonds is 2. The van der Waals surface area contributed by atoms with E-state index < -0.39 is 0 Å². The Hall–Kier alpha value is -4.23. The zero-order chi connectivity index (χ0) is 36.0. The molecule has 4 heterocycles. The minimum atomic E-state index is 0.104. The van der Waals surface area contributed by atoms with Gasteiger partial charge in [0.05, 0.1) is 0 Å². The Kier molecular flexibility index (Phi) is 6.78. The number of allylic oxidation sites excluding steroid dienone is 10. The van der Waals surface area contributed by atoms with E-state index in [0.717, 1.165) is 19.3 Å². The van der Waals surface area contributed by atoms with Crippen LogP contribution in [0.5, 0.6) is 0 Å². The van der Waals surface area contributed by atoms with Gasteiger partial charge in [0.15, 0.2) is 6.71 Å². The normalized spacial score (nSPS) is 29.1. The summed E-state index contributed by atoms with van der Waals surface area (Å²) in [6.07, 6.45) is 20.3. The Bertz CT molecular complexity index is 2300. The number of hydrogen-bond acceptors (Lipinski definition) is 1. The molecular weight excluding hydrogens is 636 g/mol. The van der Waals surface area contributed by atoms with Gasteiger partial charge in [0.2, 0.25) is 6.71 Å². The van der Waals surface area contributed by atoms with Crippen molar-refractivity contribution < 1.29 is 0 Å². The Morgan fingerprint density at radius 1 is 0.792 bits per heavy atom. The highest BCUT2D eigenvalue weighted by molar-refractivity contribution is 6.87. The third kappa shape index (κ3) is 4.46. The summed E-state index contributed by atoms with van der Waals surface area (Å²) in [7, 11) is 0. The van der Waals surface area contributed by atoms with Crippen molar-refractivity contribution in [2.45, 2.75) is 108 Å². The fourth-order valence-electron chi connectivity index (χ4n) is 12.5. The van der Waals surface area contributed by atoms with Crippen LogP contribution in [0.2, 0.25) is 17.5 Å². The average molecular weight is 688 g/mol. The summed E-state index contributed by atoms with van der Waals surface area (Å²) >= 11 is 0. The molecule has 8 aliphatic rings. The van der Waals surface area contributed by atoms with Crippen LogP contribution in [0.1, 0.15) is 95.4 Å². The van der Waals surface area contributed by atoms with Gasteiger partial charge in [-0.2, -0.15) is 0 Å². The first-order chi connectivity index (χ1) is 25.6. The van der Waals surface area contributed by atoms with Gasteiger partial charge in [0.1, 0.15) is 0 Å². The molecule has 3 fully saturated rings. The quantitative estimate of drug-likeness (QED) is 0.243. The van der Waals surface area contributed by atoms with Crippen LogP contribution in [-0.4, -0.2) is 30.4 Å². The molecule has 0 spiro atoms. The van der Waals surface area contributed by atoms with Gasteiger partial charge in [-0.3, -0.25) is 0 Å². The van der Waals surface area contributed by atoms with Crippen LogP contribution in [0, 0.1) is 5.41 Å². The molecular formula is C50H51B2N. The maximum atomic E-state index is 3.06. The monoisotopic (exact) mass is 687 g/mol. The number of fused-ring (bicyclic) bond motifs is 10. The van der Waals surface area contributed by atoms with Crippen molar-refractivity contribution in [3.63, 3.8) is 0 Å². The Morgan fingerprint density at radius 2 is 1.57 bits per heavy atom. The summed E-state index contributed by atoms with van der Waals surface area (Å²) in [6, 6.07) is 31.4. The van der Waals surface area contributed by atoms with Gasteiger partial charge in [-0.1, -0.05) is 168 Å². The van der Waals surface area contributed by atoms with E-state index in [1.807, 2.05) is 0 Å². The predicted octanol–water partition coefficient (Wildman–Crippen LogP) is 11.3. The first-order valence-electron chi connectivity index (χ1n) is 20.6. The summed E-state index contributed by atoms with van der Waals surface area (Å²) in [6.45, 7) is 15.3. The minimum Gasteiger partial charge on any atom is -0.363 e. The van der Waals surface area contributed by atoms with Gasteiger partial charge < -0.3 is 4.90 Å². The van der Waals surface area contributed by atoms with Crippen molar-refractivity contribution >= 4 is 30.0 Å². The lowest BCUT2D eigenvalue weighted by Gasteiger charge is -2.60. The molecule has 0 bridgehead atoms. The molecule has 3 aromatic rings. The highest BCUT2D eigenvalue weighted by atomic mass is 15.2. The Morgan fingerprint density at radius 3 is 2.32 bits per heavy atom. The second-order valence-electron chi connectivity index (χ2n) is 19.4. The summed E-state index contributed by atoms with van der Waals surface area (Å²) in [5, 5.41) is 0. The molecule has 0 N–H and O–H groups in total. The molecule has 0 radical (unpaired) electrons. The highest BCUT2D eigenvalue weighted by Gasteiger charge is 2.64. The first-order valence-corrected chi connectivity index (χ1v) is 20.6. The molecule has 3 heteroatoms. The van der Waals surface area contributed by atoms with E-state index in [1.54, 1.807) is 44.4 Å². The van der Waals surface area contributed by atoms with E-state index in [9.17, 15) is 0 Å². The average Bonchev–Trinajstić information content (AvgIpc) is 3.69. The van der Waals surface area contributed by atoms with Crippen LogP contribution in [0.15, 0.2) is 149 Å². The van der Waals surface area contributed by atoms with Crippen LogP contribution in [0.3, 0.4) is 0 Å². The van der Waals surface area contributed by atoms with Crippen LogP contribution >= 0.6 is 0 Å². The Balaban J connectivity index is 1.14. The number of nitrogens with zero attached hydrogens (tertiary/aromatic N) is 1. The summed E-state index contributed by atoms with van der Waals surface area (Å²) in [5.74, 6) is 1.90. The molecule has 4 aliphatic heterocycles. The molecule has 1 nitrogen and oxygen atoms in total. The van der Waals surface area contributed by atoms with Crippen molar-refractivity contribution in [3.8, 4) is 0 Å². The molecule has 0 aromatic heterocycles. The van der Waals surface area contributed by atoms with Crippen molar-refractivity contribution in [1.29, 1.82) is 0 Å². The Labute approximate surface area is 318 Å². The lowest BCUT2D eigenvalue weighted by atomic mass is 9.22. The maximum absolute atomic E-state index is 3.06. The van der Waals surface area contributed by atoms with E-state index in [0.29, 0.717) is 48.9 Å². The van der Waals surface area contributed by atoms with Gasteiger partial charge in [0.25, 0.3) is 0 Å². The van der Waals surface area contributed by atoms with Gasteiger partial charge in [0, 0.05) is 23.7 Å². The smallest absolute Gasteiger partial charge is 0.222 e. The van der Waals surface area contributed by atoms with Gasteiger partial charge in [-0.25, -0.2) is 0 Å². The van der Waals surface area contributed by atoms with Crippen molar-refractivity contribution in [1.82, 2.24) is 4.90 Å². The molecule has 6 atom stereocenters. The third-order valence-electron chi connectivity index (χ3n) is 14.7. The van der Waals surface area contributed by atoms with E-state index in [2.05, 4.69) is 162 Å². The first kappa shape index (κ1) is 32.2. The molecule has 53 heavy (non-hydrogen) atoms. The van der Waals surface area contributed by atoms with Gasteiger partial charge >= 0.3 is 0 Å². The fourth-order valence-corrected chi connectivity index (χ4v) is 12.5. The zero-order valence-corrected chi connectivity index (χ0v) is 32.4. The molecule has 0 amide bonds. The summed E-state index contributed by atoms with van der Waals surface area (Å²) in [5.41, 5.74) is 20.8. The summed E-state index contributed by atoms with van der Waals surface area (Å²) < 4.78 is 0. The molecule has 262 valence electrons. The van der Waals surface area contributed by atoms with Crippen LogP contribution < -0.4 is 5.46 Å². The third-order valence-corrected chi connectivity index (χ3v) is 14.7. The van der Waals surface area contributed by atoms with Crippen molar-refractivity contribution in [2.75, 3.05) is 0 Å². The van der Waals surface area contributed by atoms with Gasteiger partial charge in [-0.15, -0.1) is 0 Å². The van der Waals surface area contributed by atoms with Crippen LogP contribution in [-0.2, 0) is 5.41 Å². The van der Waals surface area contributed by atoms with E-state index in [1.165, 1.54) is 34.2 Å². The van der Waals surface area contributed by atoms with E-state index >= 15 is 0 Å². The molecule has 6 unspecified atom stereocenters. The van der Waals surface area contributed by atoms with Gasteiger partial charge in [-0.05, 0) is 110 Å². The predicted molar refractivity (Wildman–Crippen MR) is 226 cm³/mol. The lowest BCUT2D eigenvalue weighted by molar-refractivity contribution is 0.182. The van der Waals surface area contributed by atoms with Crippen LogP contribution in [0.25, 0.3) is 11.1 Å². The lowest BCUT2D eigenvalue weighted by Crippen LogP contribution is -2.64. The minimum absolute atomic E-state index is 0.104. The highest BCUT2D eigenvalue weighted by Crippen LogP contribution is 2.67. The van der Waals surface area contributed by atoms with Crippen molar-refractivity contribution in [2.24, 2.45) is 5.41 Å². The standard InChI is InChI=1S/C50H51B2N/c1-49(2,3)32-20-24-38-36(28-32)44-34(30-14-9-7-10-15-30)22-26-42-46(44)51(38)40-18-13-19-41-48(40)53(42)43-27-23-35(31-16-11-8-12-17-31)45-37-29-33(50(4,5)6)21-25-39(37)52(41)47(43)45/h7-21,24,26,28-29,34,39-40,43,47-48H,22-23,25,27H2,1-6H3. The van der Waals surface area contributed by atoms with Crippen LogP contribution in [0.4, 0.5) is 0 Å².